The standard InChI is InChI=1S/C15H32N4O.HI/c1-6-19(13(2)3)10-9-17-14(16-5)18-12-15(4)8-7-11-20-15;/h13H,6-12H2,1-5H3,(H2,16,17,18);1H. The van der Waals surface area contributed by atoms with Crippen molar-refractivity contribution >= 4 is 29.9 Å². The Bertz CT molecular complexity index is 304. The predicted octanol–water partition coefficient (Wildman–Crippen LogP) is 2.07. The Morgan fingerprint density at radius 3 is 2.57 bits per heavy atom. The Balaban J connectivity index is 0.00000400. The van der Waals surface area contributed by atoms with Crippen molar-refractivity contribution in [3.05, 3.63) is 0 Å². The summed E-state index contributed by atoms with van der Waals surface area (Å²) < 4.78 is 5.77. The summed E-state index contributed by atoms with van der Waals surface area (Å²) in [5, 5.41) is 6.74. The number of ether oxygens (including phenoxy) is 1. The first-order chi connectivity index (χ1) is 9.50. The van der Waals surface area contributed by atoms with E-state index >= 15 is 0 Å². The van der Waals surface area contributed by atoms with Gasteiger partial charge in [0.15, 0.2) is 5.96 Å². The molecule has 0 aromatic heterocycles. The highest BCUT2D eigenvalue weighted by molar-refractivity contribution is 14.0. The van der Waals surface area contributed by atoms with E-state index in [0.29, 0.717) is 6.04 Å². The van der Waals surface area contributed by atoms with Crippen LogP contribution in [-0.4, -0.2) is 62.3 Å². The second-order valence-electron chi connectivity index (χ2n) is 5.98. The summed E-state index contributed by atoms with van der Waals surface area (Å²) >= 11 is 0. The van der Waals surface area contributed by atoms with Crippen molar-refractivity contribution in [2.75, 3.05) is 39.8 Å². The molecule has 0 spiro atoms. The fourth-order valence-corrected chi connectivity index (χ4v) is 2.57. The molecule has 1 aliphatic rings. The molecule has 1 saturated heterocycles. The summed E-state index contributed by atoms with van der Waals surface area (Å²) in [6.45, 7) is 13.5. The molecule has 1 unspecified atom stereocenters. The first-order valence-corrected chi connectivity index (χ1v) is 7.83. The summed E-state index contributed by atoms with van der Waals surface area (Å²) in [7, 11) is 1.81. The zero-order chi connectivity index (χ0) is 15.0. The molecule has 0 radical (unpaired) electrons. The van der Waals surface area contributed by atoms with Crippen molar-refractivity contribution in [1.29, 1.82) is 0 Å². The molecular formula is C15H33IN4O. The lowest BCUT2D eigenvalue weighted by atomic mass is 10.0. The van der Waals surface area contributed by atoms with Crippen molar-refractivity contribution in [2.24, 2.45) is 4.99 Å². The van der Waals surface area contributed by atoms with Crippen LogP contribution in [-0.2, 0) is 4.74 Å². The smallest absolute Gasteiger partial charge is 0.191 e. The van der Waals surface area contributed by atoms with Crippen molar-refractivity contribution in [3.63, 3.8) is 0 Å². The van der Waals surface area contributed by atoms with Crippen LogP contribution in [0.5, 0.6) is 0 Å². The molecule has 0 aromatic rings. The van der Waals surface area contributed by atoms with Gasteiger partial charge in [-0.15, -0.1) is 24.0 Å². The van der Waals surface area contributed by atoms with Crippen molar-refractivity contribution < 1.29 is 4.74 Å². The highest BCUT2D eigenvalue weighted by Crippen LogP contribution is 2.23. The number of hydrogen-bond acceptors (Lipinski definition) is 3. The van der Waals surface area contributed by atoms with Gasteiger partial charge in [-0.3, -0.25) is 9.89 Å². The minimum absolute atomic E-state index is 0. The Morgan fingerprint density at radius 1 is 1.38 bits per heavy atom. The van der Waals surface area contributed by atoms with Crippen LogP contribution in [0.15, 0.2) is 4.99 Å². The third-order valence-corrected chi connectivity index (χ3v) is 3.98. The van der Waals surface area contributed by atoms with E-state index in [-0.39, 0.29) is 29.6 Å². The van der Waals surface area contributed by atoms with E-state index in [0.717, 1.165) is 51.6 Å². The number of likely N-dealkylation sites (N-methyl/N-ethyl adjacent to an activating group) is 1. The van der Waals surface area contributed by atoms with Crippen LogP contribution in [0, 0.1) is 0 Å². The van der Waals surface area contributed by atoms with Gasteiger partial charge in [0, 0.05) is 39.3 Å². The molecule has 1 fully saturated rings. The first-order valence-electron chi connectivity index (χ1n) is 7.83. The topological polar surface area (TPSA) is 48.9 Å². The number of halogens is 1. The van der Waals surface area contributed by atoms with Crippen molar-refractivity contribution in [2.45, 2.75) is 52.2 Å². The van der Waals surface area contributed by atoms with E-state index in [9.17, 15) is 0 Å². The van der Waals surface area contributed by atoms with Gasteiger partial charge in [-0.05, 0) is 40.2 Å². The maximum Gasteiger partial charge on any atom is 0.191 e. The van der Waals surface area contributed by atoms with Crippen LogP contribution in [0.4, 0.5) is 0 Å². The molecule has 1 aliphatic heterocycles. The van der Waals surface area contributed by atoms with E-state index in [1.807, 2.05) is 7.05 Å². The van der Waals surface area contributed by atoms with Gasteiger partial charge in [0.2, 0.25) is 0 Å². The molecule has 1 rings (SSSR count). The highest BCUT2D eigenvalue weighted by Gasteiger charge is 2.29. The quantitative estimate of drug-likeness (QED) is 0.382. The molecule has 0 bridgehead atoms. The normalized spacial score (nSPS) is 22.5. The van der Waals surface area contributed by atoms with Gasteiger partial charge in [-0.1, -0.05) is 6.92 Å². The molecule has 21 heavy (non-hydrogen) atoms. The summed E-state index contributed by atoms with van der Waals surface area (Å²) in [5.41, 5.74) is -0.0367. The number of guanidine groups is 1. The Morgan fingerprint density at radius 2 is 2.10 bits per heavy atom. The van der Waals surface area contributed by atoms with E-state index < -0.39 is 0 Å². The Hall–Kier alpha value is -0.0800. The van der Waals surface area contributed by atoms with E-state index in [1.165, 1.54) is 0 Å². The minimum Gasteiger partial charge on any atom is -0.373 e. The maximum atomic E-state index is 5.77. The van der Waals surface area contributed by atoms with Crippen LogP contribution in [0.25, 0.3) is 0 Å². The first kappa shape index (κ1) is 20.9. The molecule has 0 aliphatic carbocycles. The zero-order valence-electron chi connectivity index (χ0n) is 14.2. The molecular weight excluding hydrogens is 379 g/mol. The van der Waals surface area contributed by atoms with Crippen LogP contribution >= 0.6 is 24.0 Å². The van der Waals surface area contributed by atoms with Crippen LogP contribution in [0.2, 0.25) is 0 Å². The van der Waals surface area contributed by atoms with E-state index in [4.69, 9.17) is 4.74 Å². The molecule has 6 heteroatoms. The summed E-state index contributed by atoms with van der Waals surface area (Å²) in [6, 6.07) is 0.586. The Labute approximate surface area is 147 Å². The molecule has 0 amide bonds. The molecule has 1 atom stereocenters. The van der Waals surface area contributed by atoms with Crippen LogP contribution in [0.3, 0.4) is 0 Å². The SMILES string of the molecule is CCN(CCNC(=NC)NCC1(C)CCCO1)C(C)C.I. The fourth-order valence-electron chi connectivity index (χ4n) is 2.57. The van der Waals surface area contributed by atoms with E-state index in [1.54, 1.807) is 0 Å². The summed E-state index contributed by atoms with van der Waals surface area (Å²) in [4.78, 5) is 6.70. The maximum absolute atomic E-state index is 5.77. The summed E-state index contributed by atoms with van der Waals surface area (Å²) in [5.74, 6) is 0.863. The van der Waals surface area contributed by atoms with Gasteiger partial charge in [0.25, 0.3) is 0 Å². The van der Waals surface area contributed by atoms with Crippen LogP contribution in [0.1, 0.15) is 40.5 Å². The number of aliphatic imine (C=N–C) groups is 1. The Kier molecular flexibility index (Phi) is 10.6. The molecule has 5 nitrogen and oxygen atoms in total. The second kappa shape index (κ2) is 10.6. The molecule has 0 aromatic carbocycles. The predicted molar refractivity (Wildman–Crippen MR) is 101 cm³/mol. The molecule has 0 saturated carbocycles. The van der Waals surface area contributed by atoms with Gasteiger partial charge in [-0.25, -0.2) is 0 Å². The van der Waals surface area contributed by atoms with Crippen molar-refractivity contribution in [1.82, 2.24) is 15.5 Å². The average Bonchev–Trinajstić information content (AvgIpc) is 2.85. The lowest BCUT2D eigenvalue weighted by Gasteiger charge is -2.26. The largest absolute Gasteiger partial charge is 0.373 e. The zero-order valence-corrected chi connectivity index (χ0v) is 16.6. The molecule has 2 N–H and O–H groups in total. The average molecular weight is 412 g/mol. The summed E-state index contributed by atoms with van der Waals surface area (Å²) in [6.07, 6.45) is 2.28. The molecule has 126 valence electrons. The minimum atomic E-state index is -0.0367. The lowest BCUT2D eigenvalue weighted by molar-refractivity contribution is 0.0243. The number of rotatable bonds is 7. The third-order valence-electron chi connectivity index (χ3n) is 3.98. The lowest BCUT2D eigenvalue weighted by Crippen LogP contribution is -2.47. The van der Waals surface area contributed by atoms with E-state index in [2.05, 4.69) is 48.2 Å². The second-order valence-corrected chi connectivity index (χ2v) is 5.98. The highest BCUT2D eigenvalue weighted by atomic mass is 127. The van der Waals surface area contributed by atoms with Gasteiger partial charge < -0.3 is 15.4 Å². The number of nitrogens with one attached hydrogen (secondary N) is 2. The fraction of sp³-hybridized carbons (Fsp3) is 0.933. The monoisotopic (exact) mass is 412 g/mol. The molecule has 1 heterocycles. The number of hydrogen-bond donors (Lipinski definition) is 2. The van der Waals surface area contributed by atoms with Gasteiger partial charge in [-0.2, -0.15) is 0 Å². The van der Waals surface area contributed by atoms with Crippen molar-refractivity contribution in [3.8, 4) is 0 Å². The third kappa shape index (κ3) is 7.65. The van der Waals surface area contributed by atoms with Crippen LogP contribution < -0.4 is 10.6 Å². The van der Waals surface area contributed by atoms with Gasteiger partial charge in [0.05, 0.1) is 5.60 Å². The number of nitrogens with zero attached hydrogens (tertiary/aromatic N) is 2. The van der Waals surface area contributed by atoms with Gasteiger partial charge in [0.1, 0.15) is 0 Å². The van der Waals surface area contributed by atoms with Gasteiger partial charge >= 0.3 is 0 Å².